The Labute approximate surface area is 280 Å². The van der Waals surface area contributed by atoms with Crippen molar-refractivity contribution >= 4 is 6.29 Å². The number of aldehydes is 1. The number of ether oxygens (including phenoxy) is 1. The highest BCUT2D eigenvalue weighted by atomic mass is 16.5. The van der Waals surface area contributed by atoms with Crippen LogP contribution in [0.5, 0.6) is 0 Å². The molecule has 0 aliphatic heterocycles. The second-order valence-corrected chi connectivity index (χ2v) is 14.1. The van der Waals surface area contributed by atoms with Gasteiger partial charge >= 0.3 is 0 Å². The topological polar surface area (TPSA) is 46.5 Å². The maximum absolute atomic E-state index is 9.56. The van der Waals surface area contributed by atoms with Crippen LogP contribution in [0.15, 0.2) is 57.7 Å². The summed E-state index contributed by atoms with van der Waals surface area (Å²) < 4.78 is 5.26. The van der Waals surface area contributed by atoms with E-state index < -0.39 is 0 Å². The first-order valence-electron chi connectivity index (χ1n) is 18.5. The van der Waals surface area contributed by atoms with Crippen LogP contribution >= 0.6 is 0 Å². The molecule has 0 fully saturated rings. The fraction of sp³-hybridized carbons (Fsp3) is 0.738. The standard InChI is InChI=1S/C35H60O2.C4H6O.C3H8/c1-9-30-16-17-34(21-31(30)10-2)35-19-18-33(22-32(35)11-3)28(7)15-14-27(6)26(5)13-12-25(4)20-29(23-36)24-37-8;1-4(2)3-5;1-3-2/h21-22,25-29,36H,9-20,23-24H2,1-8H3;3H,1H2,2H3;3H2,1-2H3. The Morgan fingerprint density at radius 2 is 1.44 bits per heavy atom. The summed E-state index contributed by atoms with van der Waals surface area (Å²) in [6.45, 7) is 26.8. The van der Waals surface area contributed by atoms with Crippen molar-refractivity contribution in [2.24, 2.45) is 29.6 Å². The van der Waals surface area contributed by atoms with Gasteiger partial charge in [-0.25, -0.2) is 0 Å². The zero-order chi connectivity index (χ0) is 34.4. The van der Waals surface area contributed by atoms with Crippen LogP contribution < -0.4 is 0 Å². The molecule has 3 nitrogen and oxygen atoms in total. The summed E-state index contributed by atoms with van der Waals surface area (Å²) >= 11 is 0. The van der Waals surface area contributed by atoms with Gasteiger partial charge in [-0.15, -0.1) is 0 Å². The molecule has 260 valence electrons. The van der Waals surface area contributed by atoms with Gasteiger partial charge in [-0.3, -0.25) is 4.79 Å². The average Bonchev–Trinajstić information content (AvgIpc) is 3.05. The van der Waals surface area contributed by atoms with E-state index in [0.29, 0.717) is 24.0 Å². The molecule has 1 N–H and O–H groups in total. The number of allylic oxidation sites excluding steroid dienone is 9. The first kappa shape index (κ1) is 43.3. The van der Waals surface area contributed by atoms with Crippen molar-refractivity contribution in [1.29, 1.82) is 0 Å². The van der Waals surface area contributed by atoms with Gasteiger partial charge in [0.2, 0.25) is 0 Å². The smallest absolute Gasteiger partial charge is 0.145 e. The van der Waals surface area contributed by atoms with Crippen LogP contribution in [0.2, 0.25) is 0 Å². The van der Waals surface area contributed by atoms with Crippen molar-refractivity contribution in [2.75, 3.05) is 20.3 Å². The molecular weight excluding hydrogens is 552 g/mol. The van der Waals surface area contributed by atoms with Gasteiger partial charge in [0, 0.05) is 19.6 Å². The fourth-order valence-electron chi connectivity index (χ4n) is 6.64. The van der Waals surface area contributed by atoms with E-state index in [9.17, 15) is 9.90 Å². The molecule has 2 aliphatic rings. The first-order chi connectivity index (χ1) is 21.5. The molecule has 0 aromatic heterocycles. The Morgan fingerprint density at radius 1 is 0.867 bits per heavy atom. The number of carbonyl (C=O) groups is 1. The van der Waals surface area contributed by atoms with Crippen LogP contribution in [0.3, 0.4) is 0 Å². The molecule has 0 aromatic carbocycles. The highest BCUT2D eigenvalue weighted by Crippen LogP contribution is 2.40. The molecule has 5 unspecified atom stereocenters. The van der Waals surface area contributed by atoms with E-state index in [1.54, 1.807) is 47.5 Å². The highest BCUT2D eigenvalue weighted by Gasteiger charge is 2.23. The summed E-state index contributed by atoms with van der Waals surface area (Å²) in [5, 5.41) is 9.56. The van der Waals surface area contributed by atoms with Crippen LogP contribution in [-0.2, 0) is 9.53 Å². The molecule has 0 bridgehead atoms. The van der Waals surface area contributed by atoms with E-state index in [1.807, 2.05) is 0 Å². The van der Waals surface area contributed by atoms with Crippen LogP contribution in [0, 0.1) is 29.6 Å². The van der Waals surface area contributed by atoms with Crippen LogP contribution in [-0.4, -0.2) is 31.7 Å². The molecule has 0 amide bonds. The summed E-state index contributed by atoms with van der Waals surface area (Å²) in [7, 11) is 1.73. The van der Waals surface area contributed by atoms with Gasteiger partial charge < -0.3 is 9.84 Å². The molecule has 3 heteroatoms. The zero-order valence-corrected chi connectivity index (χ0v) is 31.7. The predicted molar refractivity (Wildman–Crippen MR) is 199 cm³/mol. The molecular formula is C42H74O3. The molecule has 0 heterocycles. The monoisotopic (exact) mass is 627 g/mol. The number of carbonyl (C=O) groups excluding carboxylic acids is 1. The van der Waals surface area contributed by atoms with E-state index >= 15 is 0 Å². The van der Waals surface area contributed by atoms with Crippen LogP contribution in [0.4, 0.5) is 0 Å². The van der Waals surface area contributed by atoms with Crippen molar-refractivity contribution in [2.45, 2.75) is 153 Å². The van der Waals surface area contributed by atoms with Crippen molar-refractivity contribution in [3.63, 3.8) is 0 Å². The average molecular weight is 627 g/mol. The fourth-order valence-corrected chi connectivity index (χ4v) is 6.64. The van der Waals surface area contributed by atoms with Gasteiger partial charge in [-0.05, 0) is 123 Å². The van der Waals surface area contributed by atoms with Crippen LogP contribution in [0.1, 0.15) is 153 Å². The maximum Gasteiger partial charge on any atom is 0.145 e. The molecule has 2 rings (SSSR count). The Balaban J connectivity index is 0.00000215. The van der Waals surface area contributed by atoms with Gasteiger partial charge in [0.1, 0.15) is 6.29 Å². The molecule has 2 aliphatic carbocycles. The van der Waals surface area contributed by atoms with Crippen molar-refractivity contribution in [1.82, 2.24) is 0 Å². The van der Waals surface area contributed by atoms with Gasteiger partial charge in [-0.1, -0.05) is 111 Å². The Kier molecular flexibility index (Phi) is 24.4. The van der Waals surface area contributed by atoms with Crippen molar-refractivity contribution in [3.8, 4) is 0 Å². The lowest BCUT2D eigenvalue weighted by atomic mass is 9.77. The molecule has 45 heavy (non-hydrogen) atoms. The summed E-state index contributed by atoms with van der Waals surface area (Å²) in [4.78, 5) is 9.41. The molecule has 0 saturated heterocycles. The highest BCUT2D eigenvalue weighted by molar-refractivity contribution is 5.70. The summed E-state index contributed by atoms with van der Waals surface area (Å²) in [6.07, 6.45) is 21.9. The van der Waals surface area contributed by atoms with E-state index in [4.69, 9.17) is 4.74 Å². The Morgan fingerprint density at radius 3 is 1.93 bits per heavy atom. The number of methoxy groups -OCH3 is 1. The van der Waals surface area contributed by atoms with Gasteiger partial charge in [0.05, 0.1) is 6.61 Å². The largest absolute Gasteiger partial charge is 0.396 e. The van der Waals surface area contributed by atoms with E-state index in [1.165, 1.54) is 70.6 Å². The van der Waals surface area contributed by atoms with Crippen molar-refractivity contribution < 1.29 is 14.6 Å². The molecule has 0 radical (unpaired) electrons. The summed E-state index contributed by atoms with van der Waals surface area (Å²) in [6, 6.07) is 0. The van der Waals surface area contributed by atoms with E-state index in [2.05, 4.69) is 81.0 Å². The van der Waals surface area contributed by atoms with Gasteiger partial charge in [-0.2, -0.15) is 0 Å². The normalized spacial score (nSPS) is 18.3. The van der Waals surface area contributed by atoms with Gasteiger partial charge in [0.15, 0.2) is 0 Å². The third-order valence-electron chi connectivity index (χ3n) is 9.86. The number of hydrogen-bond acceptors (Lipinski definition) is 3. The third kappa shape index (κ3) is 17.1. The predicted octanol–water partition coefficient (Wildman–Crippen LogP) is 12.2. The Hall–Kier alpha value is -1.71. The zero-order valence-electron chi connectivity index (χ0n) is 31.7. The lowest BCUT2D eigenvalue weighted by Gasteiger charge is -2.29. The van der Waals surface area contributed by atoms with Gasteiger partial charge in [0.25, 0.3) is 0 Å². The van der Waals surface area contributed by atoms with Crippen LogP contribution in [0.25, 0.3) is 0 Å². The lowest BCUT2D eigenvalue weighted by Crippen LogP contribution is -2.17. The molecule has 0 spiro atoms. The quantitative estimate of drug-likeness (QED) is 0.122. The molecule has 5 atom stereocenters. The second kappa shape index (κ2) is 25.4. The third-order valence-corrected chi connectivity index (χ3v) is 9.86. The van der Waals surface area contributed by atoms with E-state index in [-0.39, 0.29) is 12.5 Å². The maximum atomic E-state index is 9.56. The number of aliphatic hydroxyl groups is 1. The minimum atomic E-state index is 0.239. The number of aliphatic hydroxyl groups excluding tert-OH is 1. The summed E-state index contributed by atoms with van der Waals surface area (Å²) in [5.74, 6) is 3.15. The minimum absolute atomic E-state index is 0.239. The molecule has 0 saturated carbocycles. The summed E-state index contributed by atoms with van der Waals surface area (Å²) in [5.41, 5.74) is 10.5. The second-order valence-electron chi connectivity index (χ2n) is 14.1. The number of rotatable bonds is 18. The van der Waals surface area contributed by atoms with Crippen molar-refractivity contribution in [3.05, 3.63) is 57.7 Å². The number of hydrogen-bond donors (Lipinski definition) is 1. The minimum Gasteiger partial charge on any atom is -0.396 e. The first-order valence-corrected chi connectivity index (χ1v) is 18.5. The molecule has 0 aromatic rings. The Bertz CT molecular complexity index is 962. The lowest BCUT2D eigenvalue weighted by molar-refractivity contribution is -0.104. The SMILES string of the molecule is C=C(C)C=O.CCC.CCC1=C(CC)CCC(C2=C(CC)C=C(C(C)CCC(C)C(C)CCC(C)CC(CO)COC)CC2)=C1. The van der Waals surface area contributed by atoms with E-state index in [0.717, 1.165) is 31.0 Å².